The molecule has 0 radical (unpaired) electrons. The molecule has 2 aliphatic rings. The van der Waals surface area contributed by atoms with Crippen molar-refractivity contribution in [1.29, 1.82) is 5.26 Å². The molecule has 2 unspecified atom stereocenters. The predicted molar refractivity (Wildman–Crippen MR) is 232 cm³/mol. The molecule has 57 heavy (non-hydrogen) atoms. The summed E-state index contributed by atoms with van der Waals surface area (Å²) in [4.78, 5) is 17.7. The van der Waals surface area contributed by atoms with Gasteiger partial charge in [-0.2, -0.15) is 5.26 Å². The number of hydrogen-bond donors (Lipinski definition) is 0. The number of nitriles is 1. The first-order chi connectivity index (χ1) is 28.2. The zero-order chi connectivity index (χ0) is 38.1. The molecule has 5 heteroatoms. The second kappa shape index (κ2) is 14.8. The van der Waals surface area contributed by atoms with E-state index in [2.05, 4.69) is 127 Å². The van der Waals surface area contributed by atoms with Crippen LogP contribution in [-0.2, 0) is 0 Å². The van der Waals surface area contributed by atoms with E-state index < -0.39 is 0 Å². The first kappa shape index (κ1) is 34.4. The van der Waals surface area contributed by atoms with Crippen LogP contribution in [0.15, 0.2) is 204 Å². The van der Waals surface area contributed by atoms with Crippen molar-refractivity contribution in [2.45, 2.75) is 16.7 Å². The van der Waals surface area contributed by atoms with E-state index in [9.17, 15) is 5.26 Å². The molecule has 8 aromatic rings. The van der Waals surface area contributed by atoms with Gasteiger partial charge < -0.3 is 0 Å². The third-order valence-corrected chi connectivity index (χ3v) is 12.1. The van der Waals surface area contributed by atoms with Crippen LogP contribution in [0.2, 0.25) is 0 Å². The average Bonchev–Trinajstić information content (AvgIpc) is 3.69. The summed E-state index contributed by atoms with van der Waals surface area (Å²) in [5, 5.41) is 9.59. The Morgan fingerprint density at radius 1 is 0.474 bits per heavy atom. The topological polar surface area (TPSA) is 62.5 Å². The maximum atomic E-state index is 9.59. The van der Waals surface area contributed by atoms with Crippen molar-refractivity contribution in [3.8, 4) is 62.5 Å². The number of fused-ring (bicyclic) bond motifs is 3. The molecule has 1 aromatic heterocycles. The first-order valence-electron chi connectivity index (χ1n) is 19.1. The van der Waals surface area contributed by atoms with Gasteiger partial charge in [-0.1, -0.05) is 176 Å². The Morgan fingerprint density at radius 2 is 1.02 bits per heavy atom. The van der Waals surface area contributed by atoms with Crippen molar-refractivity contribution < 1.29 is 0 Å². The van der Waals surface area contributed by atoms with E-state index in [0.29, 0.717) is 23.0 Å². The van der Waals surface area contributed by atoms with Crippen LogP contribution in [0.5, 0.6) is 0 Å². The Balaban J connectivity index is 1.15. The van der Waals surface area contributed by atoms with Crippen molar-refractivity contribution in [2.75, 3.05) is 0 Å². The van der Waals surface area contributed by atoms with Crippen LogP contribution in [0.1, 0.15) is 34.1 Å². The lowest BCUT2D eigenvalue weighted by molar-refractivity contribution is 0.723. The van der Waals surface area contributed by atoms with Gasteiger partial charge in [0.2, 0.25) is 0 Å². The maximum Gasteiger partial charge on any atom is 0.164 e. The fourth-order valence-electron chi connectivity index (χ4n) is 8.00. The van der Waals surface area contributed by atoms with Crippen LogP contribution in [-0.4, -0.2) is 15.0 Å². The smallest absolute Gasteiger partial charge is 0.164 e. The van der Waals surface area contributed by atoms with E-state index in [0.717, 1.165) is 22.3 Å². The SMILES string of the molecule is N#Cc1ccc(C2=C3Sc4c(-c5ccccc5)cc(-c5ccccc5)cc4C3C(c3cccc(-c4nc(-c5ccccc5)nc(-c5ccccc5)n4)c3)C=C2)cc1. The molecule has 0 amide bonds. The molecule has 0 bridgehead atoms. The fraction of sp³-hybridized carbons (Fsp3) is 0.0385. The Hall–Kier alpha value is -7.13. The number of nitrogens with zero attached hydrogens (tertiary/aromatic N) is 4. The summed E-state index contributed by atoms with van der Waals surface area (Å²) < 4.78 is 0. The number of rotatable bonds is 7. The van der Waals surface area contributed by atoms with Crippen molar-refractivity contribution in [2.24, 2.45) is 0 Å². The molecule has 0 saturated carbocycles. The van der Waals surface area contributed by atoms with Gasteiger partial charge in [0.15, 0.2) is 17.5 Å². The van der Waals surface area contributed by atoms with Crippen molar-refractivity contribution in [3.05, 3.63) is 221 Å². The van der Waals surface area contributed by atoms with E-state index in [4.69, 9.17) is 15.0 Å². The zero-order valence-electron chi connectivity index (χ0n) is 30.8. The number of benzene rings is 7. The van der Waals surface area contributed by atoms with Crippen LogP contribution in [0, 0.1) is 11.3 Å². The predicted octanol–water partition coefficient (Wildman–Crippen LogP) is 13.0. The second-order valence-corrected chi connectivity index (χ2v) is 15.3. The van der Waals surface area contributed by atoms with E-state index in [1.54, 1.807) is 0 Å². The highest BCUT2D eigenvalue weighted by Gasteiger charge is 2.40. The number of thioether (sulfide) groups is 1. The summed E-state index contributed by atoms with van der Waals surface area (Å²) in [6.07, 6.45) is 4.65. The molecule has 268 valence electrons. The second-order valence-electron chi connectivity index (χ2n) is 14.3. The molecule has 7 aromatic carbocycles. The van der Waals surface area contributed by atoms with E-state index in [-0.39, 0.29) is 11.8 Å². The third-order valence-electron chi connectivity index (χ3n) is 10.8. The minimum atomic E-state index is 0.0366. The maximum absolute atomic E-state index is 9.59. The summed E-state index contributed by atoms with van der Waals surface area (Å²) in [6.45, 7) is 0. The Kier molecular flexibility index (Phi) is 8.95. The summed E-state index contributed by atoms with van der Waals surface area (Å²) >= 11 is 1.89. The van der Waals surface area contributed by atoms with Crippen molar-refractivity contribution in [1.82, 2.24) is 15.0 Å². The van der Waals surface area contributed by atoms with Crippen LogP contribution in [0.25, 0.3) is 62.0 Å². The average molecular weight is 747 g/mol. The number of hydrogen-bond acceptors (Lipinski definition) is 5. The van der Waals surface area contributed by atoms with Gasteiger partial charge in [-0.05, 0) is 74.8 Å². The van der Waals surface area contributed by atoms with E-state index in [1.807, 2.05) is 84.6 Å². The Labute approximate surface area is 336 Å². The lowest BCUT2D eigenvalue weighted by Gasteiger charge is -2.29. The largest absolute Gasteiger partial charge is 0.208 e. The normalized spacial score (nSPS) is 15.5. The standard InChI is InChI=1S/C52H34N4S/c53-33-34-24-26-37(27-25-34)44-29-28-43(47-46-32-42(35-14-5-1-6-15-35)31-45(48(46)57-49(44)47)36-16-7-2-8-17-36)40-22-13-23-41(30-40)52-55-50(38-18-9-3-10-19-38)54-51(56-52)39-20-11-4-12-21-39/h1-32,43,47H. The van der Waals surface area contributed by atoms with Gasteiger partial charge in [0, 0.05) is 38.3 Å². The molecule has 2 heterocycles. The molecule has 0 N–H and O–H groups in total. The number of allylic oxidation sites excluding steroid dienone is 4. The zero-order valence-corrected chi connectivity index (χ0v) is 31.6. The van der Waals surface area contributed by atoms with Gasteiger partial charge in [-0.25, -0.2) is 15.0 Å². The van der Waals surface area contributed by atoms with Gasteiger partial charge in [0.25, 0.3) is 0 Å². The van der Waals surface area contributed by atoms with Crippen molar-refractivity contribution in [3.63, 3.8) is 0 Å². The lowest BCUT2D eigenvalue weighted by Crippen LogP contribution is -2.13. The molecule has 10 rings (SSSR count). The van der Waals surface area contributed by atoms with E-state index in [1.165, 1.54) is 48.8 Å². The molecule has 4 nitrogen and oxygen atoms in total. The third kappa shape index (κ3) is 6.57. The molecule has 0 fully saturated rings. The molecule has 0 spiro atoms. The van der Waals surface area contributed by atoms with Crippen molar-refractivity contribution >= 4 is 17.3 Å². The van der Waals surface area contributed by atoms with Crippen LogP contribution in [0.3, 0.4) is 0 Å². The summed E-state index contributed by atoms with van der Waals surface area (Å²) in [5.74, 6) is 2.01. The van der Waals surface area contributed by atoms with Crippen LogP contribution in [0.4, 0.5) is 0 Å². The molecule has 2 atom stereocenters. The molecular weight excluding hydrogens is 713 g/mol. The minimum absolute atomic E-state index is 0.0366. The van der Waals surface area contributed by atoms with Gasteiger partial charge in [0.05, 0.1) is 11.6 Å². The highest BCUT2D eigenvalue weighted by atomic mass is 32.2. The summed E-state index contributed by atoms with van der Waals surface area (Å²) in [5.41, 5.74) is 13.1. The summed E-state index contributed by atoms with van der Waals surface area (Å²) in [6, 6.07) is 65.4. The first-order valence-corrected chi connectivity index (χ1v) is 19.9. The number of aromatic nitrogens is 3. The molecular formula is C52H34N4S. The Bertz CT molecular complexity index is 2800. The molecule has 1 aliphatic heterocycles. The van der Waals surface area contributed by atoms with Gasteiger partial charge >= 0.3 is 0 Å². The van der Waals surface area contributed by atoms with Gasteiger partial charge in [0.1, 0.15) is 0 Å². The quantitative estimate of drug-likeness (QED) is 0.162. The monoisotopic (exact) mass is 746 g/mol. The lowest BCUT2D eigenvalue weighted by atomic mass is 9.75. The van der Waals surface area contributed by atoms with E-state index >= 15 is 0 Å². The Morgan fingerprint density at radius 3 is 1.61 bits per heavy atom. The molecule has 0 saturated heterocycles. The fourth-order valence-corrected chi connectivity index (χ4v) is 9.51. The highest BCUT2D eigenvalue weighted by molar-refractivity contribution is 8.03. The highest BCUT2D eigenvalue weighted by Crippen LogP contribution is 2.61. The van der Waals surface area contributed by atoms with Crippen LogP contribution >= 0.6 is 11.8 Å². The van der Waals surface area contributed by atoms with Crippen LogP contribution < -0.4 is 0 Å². The van der Waals surface area contributed by atoms with Gasteiger partial charge in [-0.15, -0.1) is 0 Å². The minimum Gasteiger partial charge on any atom is -0.208 e. The van der Waals surface area contributed by atoms with Gasteiger partial charge in [-0.3, -0.25) is 0 Å². The summed E-state index contributed by atoms with van der Waals surface area (Å²) in [7, 11) is 0. The molecule has 1 aliphatic carbocycles.